The summed E-state index contributed by atoms with van der Waals surface area (Å²) < 4.78 is 0. The number of likely N-dealkylation sites (tertiary alicyclic amines) is 1. The van der Waals surface area contributed by atoms with Crippen molar-refractivity contribution in [3.8, 4) is 0 Å². The van der Waals surface area contributed by atoms with Crippen LogP contribution in [0.2, 0.25) is 0 Å². The van der Waals surface area contributed by atoms with Crippen LogP contribution in [0.3, 0.4) is 0 Å². The van der Waals surface area contributed by atoms with Crippen molar-refractivity contribution in [2.24, 2.45) is 5.92 Å². The third kappa shape index (κ3) is 5.32. The second-order valence-electron chi connectivity index (χ2n) is 5.83. The number of rotatable bonds is 6. The van der Waals surface area contributed by atoms with Crippen LogP contribution in [0, 0.1) is 5.92 Å². The van der Waals surface area contributed by atoms with Crippen LogP contribution in [0.5, 0.6) is 0 Å². The molecule has 5 heteroatoms. The van der Waals surface area contributed by atoms with Gasteiger partial charge in [0, 0.05) is 6.20 Å². The normalized spacial score (nSPS) is 17.7. The molecule has 0 bridgehead atoms. The van der Waals surface area contributed by atoms with Crippen LogP contribution in [0.25, 0.3) is 0 Å². The molecule has 1 aromatic rings. The molecule has 1 aliphatic heterocycles. The number of carbonyl (C=O) groups is 1. The molecule has 21 heavy (non-hydrogen) atoms. The Labute approximate surface area is 131 Å². The number of thioether (sulfide) groups is 1. The fraction of sp³-hybridized carbons (Fsp3) is 0.625. The summed E-state index contributed by atoms with van der Waals surface area (Å²) in [5.74, 6) is 0.393. The van der Waals surface area contributed by atoms with Crippen LogP contribution in [0.4, 0.5) is 0 Å². The van der Waals surface area contributed by atoms with Gasteiger partial charge in [-0.05, 0) is 44.0 Å². The minimum Gasteiger partial charge on any atom is -0.342 e. The first kappa shape index (κ1) is 16.3. The maximum absolute atomic E-state index is 12.4. The van der Waals surface area contributed by atoms with E-state index in [4.69, 9.17) is 0 Å². The Kier molecular flexibility index (Phi) is 6.51. The van der Waals surface area contributed by atoms with Gasteiger partial charge in [0.15, 0.2) is 0 Å². The predicted molar refractivity (Wildman–Crippen MR) is 87.2 cm³/mol. The molecular weight excluding hydrogens is 282 g/mol. The minimum absolute atomic E-state index is 0.0929. The molecule has 2 heterocycles. The largest absolute Gasteiger partial charge is 0.342 e. The van der Waals surface area contributed by atoms with Gasteiger partial charge in [0.1, 0.15) is 0 Å². The summed E-state index contributed by atoms with van der Waals surface area (Å²) in [7, 11) is 0. The Balaban J connectivity index is 1.86. The number of hydrogen-bond acceptors (Lipinski definition) is 4. The van der Waals surface area contributed by atoms with Crippen LogP contribution >= 0.6 is 11.8 Å². The van der Waals surface area contributed by atoms with Crippen LogP contribution < -0.4 is 5.32 Å². The van der Waals surface area contributed by atoms with Crippen molar-refractivity contribution < 1.29 is 4.79 Å². The number of nitrogens with one attached hydrogen (secondary N) is 1. The topological polar surface area (TPSA) is 45.2 Å². The number of amides is 1. The van der Waals surface area contributed by atoms with E-state index in [1.54, 1.807) is 18.0 Å². The Bertz CT molecular complexity index is 432. The summed E-state index contributed by atoms with van der Waals surface area (Å²) in [5, 5.41) is 3.91. The van der Waals surface area contributed by atoms with E-state index in [-0.39, 0.29) is 17.1 Å². The fourth-order valence-corrected chi connectivity index (χ4v) is 3.45. The predicted octanol–water partition coefficient (Wildman–Crippen LogP) is 2.76. The molecule has 1 fully saturated rings. The zero-order chi connectivity index (χ0) is 15.1. The maximum Gasteiger partial charge on any atom is 0.234 e. The Morgan fingerprint density at radius 2 is 2.10 bits per heavy atom. The first-order valence-electron chi connectivity index (χ1n) is 7.74. The quantitative estimate of drug-likeness (QED) is 0.821. The molecule has 1 aromatic heterocycles. The third-order valence-electron chi connectivity index (χ3n) is 3.67. The molecule has 1 saturated heterocycles. The first-order valence-corrected chi connectivity index (χ1v) is 8.62. The van der Waals surface area contributed by atoms with Crippen LogP contribution in [-0.4, -0.2) is 40.8 Å². The van der Waals surface area contributed by atoms with Crippen molar-refractivity contribution in [2.45, 2.75) is 43.4 Å². The van der Waals surface area contributed by atoms with Gasteiger partial charge in [0.05, 0.1) is 16.9 Å². The molecule has 1 N–H and O–H groups in total. The summed E-state index contributed by atoms with van der Waals surface area (Å²) in [5.41, 5.74) is 0. The third-order valence-corrected chi connectivity index (χ3v) is 5.17. The molecular formula is C16H25N3OS. The van der Waals surface area contributed by atoms with E-state index in [9.17, 15) is 4.79 Å². The van der Waals surface area contributed by atoms with E-state index in [0.717, 1.165) is 18.1 Å². The van der Waals surface area contributed by atoms with Crippen LogP contribution in [-0.2, 0) is 4.79 Å². The molecule has 0 radical (unpaired) electrons. The van der Waals surface area contributed by atoms with Gasteiger partial charge in [-0.25, -0.2) is 4.98 Å². The first-order chi connectivity index (χ1) is 10.2. The smallest absolute Gasteiger partial charge is 0.234 e. The van der Waals surface area contributed by atoms with Crippen molar-refractivity contribution in [1.29, 1.82) is 0 Å². The summed E-state index contributed by atoms with van der Waals surface area (Å²) in [4.78, 5) is 19.1. The van der Waals surface area contributed by atoms with Crippen LogP contribution in [0.1, 0.15) is 33.1 Å². The second-order valence-corrected chi connectivity index (χ2v) is 6.99. The second kappa shape index (κ2) is 8.39. The Hall–Kier alpha value is -1.07. The van der Waals surface area contributed by atoms with Crippen molar-refractivity contribution in [2.75, 3.05) is 19.8 Å². The molecule has 116 valence electrons. The summed E-state index contributed by atoms with van der Waals surface area (Å²) in [6.45, 7) is 7.03. The van der Waals surface area contributed by atoms with Crippen molar-refractivity contribution in [1.82, 2.24) is 15.2 Å². The lowest BCUT2D eigenvalue weighted by Crippen LogP contribution is -2.44. The zero-order valence-corrected chi connectivity index (χ0v) is 13.7. The van der Waals surface area contributed by atoms with E-state index in [1.807, 2.05) is 18.2 Å². The highest BCUT2D eigenvalue weighted by atomic mass is 32.2. The summed E-state index contributed by atoms with van der Waals surface area (Å²) >= 11 is 1.55. The number of piperidine rings is 1. The molecule has 0 spiro atoms. The summed E-state index contributed by atoms with van der Waals surface area (Å²) in [6, 6.07) is 5.81. The van der Waals surface area contributed by atoms with E-state index >= 15 is 0 Å². The number of aromatic nitrogens is 1. The fourth-order valence-electron chi connectivity index (χ4n) is 2.45. The molecule has 0 aliphatic carbocycles. The van der Waals surface area contributed by atoms with Gasteiger partial charge in [-0.2, -0.15) is 0 Å². The van der Waals surface area contributed by atoms with E-state index in [1.165, 1.54) is 19.3 Å². The van der Waals surface area contributed by atoms with E-state index in [0.29, 0.717) is 6.67 Å². The van der Waals surface area contributed by atoms with Crippen LogP contribution in [0.15, 0.2) is 29.4 Å². The van der Waals surface area contributed by atoms with Gasteiger partial charge < -0.3 is 5.32 Å². The highest BCUT2D eigenvalue weighted by Gasteiger charge is 2.24. The zero-order valence-electron chi connectivity index (χ0n) is 12.9. The van der Waals surface area contributed by atoms with Gasteiger partial charge in [-0.1, -0.05) is 38.1 Å². The number of hydrogen-bond donors (Lipinski definition) is 1. The van der Waals surface area contributed by atoms with Gasteiger partial charge in [0.25, 0.3) is 0 Å². The van der Waals surface area contributed by atoms with Crippen molar-refractivity contribution in [3.05, 3.63) is 24.4 Å². The highest BCUT2D eigenvalue weighted by Crippen LogP contribution is 2.26. The molecule has 2 rings (SSSR count). The number of carbonyl (C=O) groups excluding carboxylic acids is 1. The van der Waals surface area contributed by atoms with Crippen molar-refractivity contribution >= 4 is 17.7 Å². The van der Waals surface area contributed by atoms with Crippen molar-refractivity contribution in [3.63, 3.8) is 0 Å². The minimum atomic E-state index is -0.0929. The molecule has 1 aliphatic rings. The Morgan fingerprint density at radius 1 is 1.33 bits per heavy atom. The molecule has 1 unspecified atom stereocenters. The lowest BCUT2D eigenvalue weighted by atomic mass is 10.1. The van der Waals surface area contributed by atoms with E-state index < -0.39 is 0 Å². The van der Waals surface area contributed by atoms with Gasteiger partial charge in [-0.15, -0.1) is 0 Å². The van der Waals surface area contributed by atoms with Gasteiger partial charge >= 0.3 is 0 Å². The van der Waals surface area contributed by atoms with E-state index in [2.05, 4.69) is 29.0 Å². The number of pyridine rings is 1. The molecule has 4 nitrogen and oxygen atoms in total. The van der Waals surface area contributed by atoms with Gasteiger partial charge in [-0.3, -0.25) is 9.69 Å². The monoisotopic (exact) mass is 307 g/mol. The standard InChI is InChI=1S/C16H25N3OS/c1-13(2)15(21-14-8-4-5-9-17-14)16(20)18-12-19-10-6-3-7-11-19/h4-5,8-9,13,15H,3,6-7,10-12H2,1-2H3,(H,18,20). The SMILES string of the molecule is CC(C)C(Sc1ccccn1)C(=O)NCN1CCCCC1. The molecule has 0 aromatic carbocycles. The molecule has 1 amide bonds. The average molecular weight is 307 g/mol. The molecule has 0 saturated carbocycles. The average Bonchev–Trinajstić information content (AvgIpc) is 2.52. The Morgan fingerprint density at radius 3 is 2.71 bits per heavy atom. The molecule has 1 atom stereocenters. The lowest BCUT2D eigenvalue weighted by Gasteiger charge is -2.28. The summed E-state index contributed by atoms with van der Waals surface area (Å²) in [6.07, 6.45) is 5.57. The number of nitrogens with zero attached hydrogens (tertiary/aromatic N) is 2. The maximum atomic E-state index is 12.4. The van der Waals surface area contributed by atoms with Gasteiger partial charge in [0.2, 0.25) is 5.91 Å². The lowest BCUT2D eigenvalue weighted by molar-refractivity contribution is -0.122. The highest BCUT2D eigenvalue weighted by molar-refractivity contribution is 8.00.